The van der Waals surface area contributed by atoms with Gasteiger partial charge in [-0.3, -0.25) is 4.90 Å². The van der Waals surface area contributed by atoms with Crippen molar-refractivity contribution in [2.45, 2.75) is 38.8 Å². The fraction of sp³-hybridized carbons (Fsp3) is 0.389. The molecular formula is C18H22N2O. The maximum absolute atomic E-state index is 5.75. The molecule has 1 fully saturated rings. The third-order valence-electron chi connectivity index (χ3n) is 4.07. The van der Waals surface area contributed by atoms with Crippen molar-refractivity contribution in [2.24, 2.45) is 0 Å². The summed E-state index contributed by atoms with van der Waals surface area (Å²) in [5.74, 6) is 1.47. The number of likely N-dealkylation sites (tertiary alicyclic amines) is 1. The van der Waals surface area contributed by atoms with Gasteiger partial charge in [-0.15, -0.1) is 0 Å². The topological polar surface area (TPSA) is 25.4 Å². The summed E-state index contributed by atoms with van der Waals surface area (Å²) < 4.78 is 5.75. The van der Waals surface area contributed by atoms with Gasteiger partial charge < -0.3 is 4.74 Å². The van der Waals surface area contributed by atoms with Crippen molar-refractivity contribution in [3.05, 3.63) is 54.2 Å². The van der Waals surface area contributed by atoms with Crippen molar-refractivity contribution in [2.75, 3.05) is 6.54 Å². The summed E-state index contributed by atoms with van der Waals surface area (Å²) in [6.45, 7) is 5.71. The number of rotatable bonds is 4. The fourth-order valence-electron chi connectivity index (χ4n) is 3.02. The molecule has 0 radical (unpaired) electrons. The van der Waals surface area contributed by atoms with Crippen LogP contribution in [0.2, 0.25) is 0 Å². The number of aromatic nitrogens is 1. The van der Waals surface area contributed by atoms with Gasteiger partial charge >= 0.3 is 0 Å². The number of pyridine rings is 1. The summed E-state index contributed by atoms with van der Waals surface area (Å²) in [5.41, 5.74) is 1.29. The van der Waals surface area contributed by atoms with E-state index in [1.165, 1.54) is 24.9 Å². The Balaban J connectivity index is 1.72. The molecule has 1 aromatic carbocycles. The normalized spacial score (nSPS) is 19.1. The van der Waals surface area contributed by atoms with E-state index in [4.69, 9.17) is 4.74 Å². The molecule has 2 heterocycles. The molecule has 0 N–H and O–H groups in total. The molecule has 21 heavy (non-hydrogen) atoms. The first-order chi connectivity index (χ1) is 10.2. The molecular weight excluding hydrogens is 260 g/mol. The average molecular weight is 282 g/mol. The highest BCUT2D eigenvalue weighted by molar-refractivity contribution is 5.28. The molecule has 0 bridgehead atoms. The molecule has 0 amide bonds. The molecule has 110 valence electrons. The van der Waals surface area contributed by atoms with Crippen LogP contribution in [0.15, 0.2) is 48.7 Å². The van der Waals surface area contributed by atoms with Crippen LogP contribution in [-0.2, 0) is 0 Å². The van der Waals surface area contributed by atoms with Crippen molar-refractivity contribution in [3.63, 3.8) is 0 Å². The van der Waals surface area contributed by atoms with Crippen molar-refractivity contribution in [3.8, 4) is 11.6 Å². The zero-order chi connectivity index (χ0) is 14.7. The molecule has 3 nitrogen and oxygen atoms in total. The Bertz CT molecular complexity index is 566. The minimum Gasteiger partial charge on any atom is -0.439 e. The summed E-state index contributed by atoms with van der Waals surface area (Å²) in [4.78, 5) is 7.01. The van der Waals surface area contributed by atoms with E-state index < -0.39 is 0 Å². The first-order valence-corrected chi connectivity index (χ1v) is 7.68. The van der Waals surface area contributed by atoms with Crippen LogP contribution in [0, 0.1) is 0 Å². The summed E-state index contributed by atoms with van der Waals surface area (Å²) in [6, 6.07) is 15.0. The van der Waals surface area contributed by atoms with Crippen LogP contribution in [0.25, 0.3) is 0 Å². The molecule has 1 aromatic heterocycles. The predicted molar refractivity (Wildman–Crippen MR) is 84.6 cm³/mol. The molecule has 3 heteroatoms. The van der Waals surface area contributed by atoms with E-state index in [-0.39, 0.29) is 0 Å². The zero-order valence-corrected chi connectivity index (χ0v) is 12.7. The Morgan fingerprint density at radius 2 is 1.95 bits per heavy atom. The van der Waals surface area contributed by atoms with E-state index >= 15 is 0 Å². The zero-order valence-electron chi connectivity index (χ0n) is 12.7. The van der Waals surface area contributed by atoms with Crippen LogP contribution in [-0.4, -0.2) is 22.5 Å². The van der Waals surface area contributed by atoms with Crippen molar-refractivity contribution in [1.82, 2.24) is 9.88 Å². The van der Waals surface area contributed by atoms with E-state index in [2.05, 4.69) is 29.8 Å². The van der Waals surface area contributed by atoms with Gasteiger partial charge in [0, 0.05) is 24.3 Å². The van der Waals surface area contributed by atoms with Gasteiger partial charge in [0.1, 0.15) is 5.75 Å². The highest BCUT2D eigenvalue weighted by Gasteiger charge is 2.27. The minimum absolute atomic E-state index is 0.503. The molecule has 0 unspecified atom stereocenters. The first kappa shape index (κ1) is 14.1. The standard InChI is InChI=1S/C18H22N2O/c1-14(2)20-12-6-9-17(20)15-10-11-18(19-13-15)21-16-7-4-3-5-8-16/h3-5,7-8,10-11,13-14,17H,6,9,12H2,1-2H3/t17-/m1/s1. The van der Waals surface area contributed by atoms with Crippen molar-refractivity contribution < 1.29 is 4.74 Å². The number of hydrogen-bond donors (Lipinski definition) is 0. The van der Waals surface area contributed by atoms with Gasteiger partial charge in [-0.25, -0.2) is 4.98 Å². The Morgan fingerprint density at radius 3 is 2.62 bits per heavy atom. The van der Waals surface area contributed by atoms with Crippen LogP contribution in [0.1, 0.15) is 38.3 Å². The van der Waals surface area contributed by atoms with E-state index in [1.807, 2.05) is 42.6 Å². The van der Waals surface area contributed by atoms with Gasteiger partial charge in [-0.05, 0) is 50.9 Å². The largest absolute Gasteiger partial charge is 0.439 e. The monoisotopic (exact) mass is 282 g/mol. The molecule has 2 aromatic rings. The molecule has 3 rings (SSSR count). The third-order valence-corrected chi connectivity index (χ3v) is 4.07. The fourth-order valence-corrected chi connectivity index (χ4v) is 3.02. The lowest BCUT2D eigenvalue weighted by Gasteiger charge is -2.28. The van der Waals surface area contributed by atoms with Crippen molar-refractivity contribution >= 4 is 0 Å². The van der Waals surface area contributed by atoms with E-state index in [9.17, 15) is 0 Å². The maximum Gasteiger partial charge on any atom is 0.219 e. The highest BCUT2D eigenvalue weighted by Crippen LogP contribution is 2.33. The molecule has 0 spiro atoms. The lowest BCUT2D eigenvalue weighted by atomic mass is 10.1. The second kappa shape index (κ2) is 6.27. The van der Waals surface area contributed by atoms with Gasteiger partial charge in [-0.2, -0.15) is 0 Å². The van der Waals surface area contributed by atoms with Crippen molar-refractivity contribution in [1.29, 1.82) is 0 Å². The van der Waals surface area contributed by atoms with Crippen LogP contribution >= 0.6 is 0 Å². The number of hydrogen-bond acceptors (Lipinski definition) is 3. The van der Waals surface area contributed by atoms with E-state index in [0.29, 0.717) is 18.0 Å². The first-order valence-electron chi connectivity index (χ1n) is 7.68. The average Bonchev–Trinajstić information content (AvgIpc) is 2.99. The Hall–Kier alpha value is -1.87. The Morgan fingerprint density at radius 1 is 1.14 bits per heavy atom. The summed E-state index contributed by atoms with van der Waals surface area (Å²) in [6.07, 6.45) is 4.45. The molecule has 0 saturated carbocycles. The molecule has 1 atom stereocenters. The van der Waals surface area contributed by atoms with Gasteiger partial charge in [-0.1, -0.05) is 24.3 Å². The second-order valence-electron chi connectivity index (χ2n) is 5.83. The van der Waals surface area contributed by atoms with Gasteiger partial charge in [0.05, 0.1) is 0 Å². The van der Waals surface area contributed by atoms with Gasteiger partial charge in [0.15, 0.2) is 0 Å². The summed E-state index contributed by atoms with van der Waals surface area (Å²) in [7, 11) is 0. The van der Waals surface area contributed by atoms with Gasteiger partial charge in [0.25, 0.3) is 0 Å². The van der Waals surface area contributed by atoms with E-state index in [0.717, 1.165) is 5.75 Å². The number of nitrogens with zero attached hydrogens (tertiary/aromatic N) is 2. The Kier molecular flexibility index (Phi) is 4.20. The second-order valence-corrected chi connectivity index (χ2v) is 5.83. The van der Waals surface area contributed by atoms with Crippen LogP contribution in [0.5, 0.6) is 11.6 Å². The number of benzene rings is 1. The predicted octanol–water partition coefficient (Wildman–Crippen LogP) is 4.42. The minimum atomic E-state index is 0.503. The van der Waals surface area contributed by atoms with Crippen LogP contribution in [0.3, 0.4) is 0 Å². The summed E-state index contributed by atoms with van der Waals surface area (Å²) >= 11 is 0. The quantitative estimate of drug-likeness (QED) is 0.830. The maximum atomic E-state index is 5.75. The molecule has 1 aliphatic rings. The lowest BCUT2D eigenvalue weighted by molar-refractivity contribution is 0.205. The number of para-hydroxylation sites is 1. The van der Waals surface area contributed by atoms with Gasteiger partial charge in [0.2, 0.25) is 5.88 Å². The lowest BCUT2D eigenvalue weighted by Crippen LogP contribution is -2.30. The van der Waals surface area contributed by atoms with E-state index in [1.54, 1.807) is 0 Å². The smallest absolute Gasteiger partial charge is 0.219 e. The highest BCUT2D eigenvalue weighted by atomic mass is 16.5. The number of ether oxygens (including phenoxy) is 1. The third kappa shape index (κ3) is 3.24. The Labute approximate surface area is 126 Å². The molecule has 1 saturated heterocycles. The molecule has 0 aliphatic carbocycles. The van der Waals surface area contributed by atoms with Crippen LogP contribution < -0.4 is 4.74 Å². The molecule has 1 aliphatic heterocycles. The van der Waals surface area contributed by atoms with Crippen LogP contribution in [0.4, 0.5) is 0 Å². The summed E-state index contributed by atoms with van der Waals surface area (Å²) in [5, 5.41) is 0. The SMILES string of the molecule is CC(C)N1CCC[C@@H]1c1ccc(Oc2ccccc2)nc1.